The smallest absolute Gasteiger partial charge is 0.224 e. The molecule has 1 rings (SSSR count). The number of nitrogens with one attached hydrogen (secondary N) is 1. The number of likely N-dealkylation sites (tertiary alicyclic amines) is 1. The van der Waals surface area contributed by atoms with Crippen molar-refractivity contribution < 1.29 is 9.53 Å². The van der Waals surface area contributed by atoms with Crippen molar-refractivity contribution in [1.29, 1.82) is 0 Å². The molecule has 0 aromatic rings. The fourth-order valence-corrected chi connectivity index (χ4v) is 2.12. The number of ether oxygens (including phenoxy) is 1. The molecule has 2 unspecified atom stereocenters. The summed E-state index contributed by atoms with van der Waals surface area (Å²) in [6.07, 6.45) is 1.62. The van der Waals surface area contributed by atoms with Crippen molar-refractivity contribution in [3.05, 3.63) is 0 Å². The van der Waals surface area contributed by atoms with Gasteiger partial charge in [-0.3, -0.25) is 4.79 Å². The first-order chi connectivity index (χ1) is 7.54. The number of methoxy groups -OCH3 is 1. The number of hydrogen-bond donors (Lipinski definition) is 1. The highest BCUT2D eigenvalue weighted by atomic mass is 16.5. The minimum Gasteiger partial charge on any atom is -0.385 e. The maximum Gasteiger partial charge on any atom is 0.224 e. The molecule has 1 saturated heterocycles. The van der Waals surface area contributed by atoms with Crippen LogP contribution in [0.1, 0.15) is 33.6 Å². The summed E-state index contributed by atoms with van der Waals surface area (Å²) in [5.74, 6) is 0.270. The van der Waals surface area contributed by atoms with Crippen LogP contribution in [0, 0.1) is 0 Å². The van der Waals surface area contributed by atoms with Gasteiger partial charge < -0.3 is 15.0 Å². The van der Waals surface area contributed by atoms with E-state index in [2.05, 4.69) is 26.1 Å². The second-order valence-electron chi connectivity index (χ2n) is 4.89. The Kier molecular flexibility index (Phi) is 5.22. The first-order valence-electron chi connectivity index (χ1n) is 6.09. The van der Waals surface area contributed by atoms with Gasteiger partial charge in [0, 0.05) is 44.8 Å². The molecule has 94 valence electrons. The predicted octanol–water partition coefficient (Wildman–Crippen LogP) is 1.01. The van der Waals surface area contributed by atoms with Gasteiger partial charge in [-0.2, -0.15) is 0 Å². The molecular formula is C12H24N2O2. The third-order valence-corrected chi connectivity index (χ3v) is 3.06. The molecular weight excluding hydrogens is 204 g/mol. The molecule has 0 aliphatic carbocycles. The highest BCUT2D eigenvalue weighted by Crippen LogP contribution is 2.15. The van der Waals surface area contributed by atoms with Gasteiger partial charge in [0.2, 0.25) is 5.91 Å². The summed E-state index contributed by atoms with van der Waals surface area (Å²) in [4.78, 5) is 13.6. The van der Waals surface area contributed by atoms with Crippen LogP contribution in [-0.2, 0) is 9.53 Å². The molecule has 2 atom stereocenters. The maximum atomic E-state index is 11.7. The zero-order valence-electron chi connectivity index (χ0n) is 10.8. The Balaban J connectivity index is 2.32. The fourth-order valence-electron chi connectivity index (χ4n) is 2.12. The molecule has 0 bridgehead atoms. The minimum absolute atomic E-state index is 0.270. The van der Waals surface area contributed by atoms with E-state index in [4.69, 9.17) is 4.74 Å². The van der Waals surface area contributed by atoms with E-state index in [0.717, 1.165) is 19.6 Å². The number of carbonyl (C=O) groups excluding carboxylic acids is 1. The molecule has 4 heteroatoms. The predicted molar refractivity (Wildman–Crippen MR) is 64.3 cm³/mol. The van der Waals surface area contributed by atoms with Gasteiger partial charge in [-0.15, -0.1) is 0 Å². The number of hydrogen-bond acceptors (Lipinski definition) is 3. The molecule has 0 aromatic carbocycles. The lowest BCUT2D eigenvalue weighted by atomic mass is 10.2. The summed E-state index contributed by atoms with van der Waals surface area (Å²) in [5.41, 5.74) is 0. The number of nitrogens with zero attached hydrogens (tertiary/aromatic N) is 1. The standard InChI is InChI=1S/C12H24N2O2/c1-9(2)14-8-11(7-12(14)15)13-10(3)5-6-16-4/h9-11,13H,5-8H2,1-4H3. The van der Waals surface area contributed by atoms with Crippen LogP contribution in [0.25, 0.3) is 0 Å². The molecule has 0 radical (unpaired) electrons. The monoisotopic (exact) mass is 228 g/mol. The average molecular weight is 228 g/mol. The molecule has 1 aliphatic rings. The molecule has 1 N–H and O–H groups in total. The first kappa shape index (κ1) is 13.5. The van der Waals surface area contributed by atoms with E-state index in [-0.39, 0.29) is 5.91 Å². The van der Waals surface area contributed by atoms with Crippen molar-refractivity contribution >= 4 is 5.91 Å². The quantitative estimate of drug-likeness (QED) is 0.737. The summed E-state index contributed by atoms with van der Waals surface area (Å²) >= 11 is 0. The van der Waals surface area contributed by atoms with Crippen LogP contribution in [-0.4, -0.2) is 49.2 Å². The molecule has 0 saturated carbocycles. The van der Waals surface area contributed by atoms with E-state index in [1.54, 1.807) is 7.11 Å². The lowest BCUT2D eigenvalue weighted by molar-refractivity contribution is -0.129. The topological polar surface area (TPSA) is 41.6 Å². The Morgan fingerprint density at radius 1 is 1.50 bits per heavy atom. The van der Waals surface area contributed by atoms with Crippen LogP contribution in [0.5, 0.6) is 0 Å². The Bertz CT molecular complexity index is 231. The maximum absolute atomic E-state index is 11.7. The number of amides is 1. The average Bonchev–Trinajstić information content (AvgIpc) is 2.56. The Morgan fingerprint density at radius 2 is 2.19 bits per heavy atom. The molecule has 1 amide bonds. The van der Waals surface area contributed by atoms with Crippen LogP contribution in [0.15, 0.2) is 0 Å². The van der Waals surface area contributed by atoms with Crippen LogP contribution in [0.2, 0.25) is 0 Å². The molecule has 4 nitrogen and oxygen atoms in total. The SMILES string of the molecule is COCCC(C)NC1CC(=O)N(C(C)C)C1. The highest BCUT2D eigenvalue weighted by molar-refractivity contribution is 5.79. The van der Waals surface area contributed by atoms with Gasteiger partial charge >= 0.3 is 0 Å². The number of rotatable bonds is 6. The third-order valence-electron chi connectivity index (χ3n) is 3.06. The van der Waals surface area contributed by atoms with E-state index in [0.29, 0.717) is 24.5 Å². The zero-order valence-corrected chi connectivity index (χ0v) is 10.8. The summed E-state index contributed by atoms with van der Waals surface area (Å²) in [7, 11) is 1.71. The summed E-state index contributed by atoms with van der Waals surface area (Å²) in [6.45, 7) is 7.88. The van der Waals surface area contributed by atoms with E-state index in [1.165, 1.54) is 0 Å². The van der Waals surface area contributed by atoms with Crippen molar-refractivity contribution in [3.8, 4) is 0 Å². The van der Waals surface area contributed by atoms with Gasteiger partial charge in [0.25, 0.3) is 0 Å². The van der Waals surface area contributed by atoms with Crippen molar-refractivity contribution in [2.45, 2.75) is 51.7 Å². The third kappa shape index (κ3) is 3.76. The lowest BCUT2D eigenvalue weighted by Crippen LogP contribution is -2.40. The van der Waals surface area contributed by atoms with Gasteiger partial charge in [-0.25, -0.2) is 0 Å². The van der Waals surface area contributed by atoms with Gasteiger partial charge in [-0.1, -0.05) is 0 Å². The molecule has 1 fully saturated rings. The molecule has 0 spiro atoms. The van der Waals surface area contributed by atoms with Gasteiger partial charge in [0.05, 0.1) is 0 Å². The molecule has 0 aromatic heterocycles. The Morgan fingerprint density at radius 3 is 2.69 bits per heavy atom. The largest absolute Gasteiger partial charge is 0.385 e. The van der Waals surface area contributed by atoms with Gasteiger partial charge in [-0.05, 0) is 27.2 Å². The van der Waals surface area contributed by atoms with Crippen LogP contribution >= 0.6 is 0 Å². The lowest BCUT2D eigenvalue weighted by Gasteiger charge is -2.22. The Labute approximate surface area is 98.3 Å². The van der Waals surface area contributed by atoms with Crippen molar-refractivity contribution in [2.75, 3.05) is 20.3 Å². The summed E-state index contributed by atoms with van der Waals surface area (Å²) in [6, 6.07) is 1.03. The second kappa shape index (κ2) is 6.21. The molecule has 1 heterocycles. The zero-order chi connectivity index (χ0) is 12.1. The Hall–Kier alpha value is -0.610. The van der Waals surface area contributed by atoms with Crippen LogP contribution in [0.4, 0.5) is 0 Å². The van der Waals surface area contributed by atoms with Crippen LogP contribution < -0.4 is 5.32 Å². The first-order valence-corrected chi connectivity index (χ1v) is 6.09. The van der Waals surface area contributed by atoms with E-state index < -0.39 is 0 Å². The highest BCUT2D eigenvalue weighted by Gasteiger charge is 2.31. The normalized spacial score (nSPS) is 23.2. The number of carbonyl (C=O) groups is 1. The van der Waals surface area contributed by atoms with Gasteiger partial charge in [0.15, 0.2) is 0 Å². The second-order valence-corrected chi connectivity index (χ2v) is 4.89. The van der Waals surface area contributed by atoms with E-state index in [9.17, 15) is 4.79 Å². The molecule has 16 heavy (non-hydrogen) atoms. The van der Waals surface area contributed by atoms with Crippen LogP contribution in [0.3, 0.4) is 0 Å². The van der Waals surface area contributed by atoms with E-state index in [1.807, 2.05) is 4.90 Å². The molecule has 1 aliphatic heterocycles. The van der Waals surface area contributed by atoms with Crippen molar-refractivity contribution in [1.82, 2.24) is 10.2 Å². The summed E-state index contributed by atoms with van der Waals surface area (Å²) < 4.78 is 5.04. The van der Waals surface area contributed by atoms with Crippen molar-refractivity contribution in [3.63, 3.8) is 0 Å². The van der Waals surface area contributed by atoms with Crippen molar-refractivity contribution in [2.24, 2.45) is 0 Å². The van der Waals surface area contributed by atoms with E-state index >= 15 is 0 Å². The fraction of sp³-hybridized carbons (Fsp3) is 0.917. The van der Waals surface area contributed by atoms with Gasteiger partial charge in [0.1, 0.15) is 0 Å². The summed E-state index contributed by atoms with van der Waals surface area (Å²) in [5, 5.41) is 3.49. The minimum atomic E-state index is 0.270.